The molecule has 1 N–H and O–H groups in total. The summed E-state index contributed by atoms with van der Waals surface area (Å²) in [6, 6.07) is 10.7. The lowest BCUT2D eigenvalue weighted by atomic mass is 10.0. The number of nitrogens with one attached hydrogen (secondary N) is 1. The van der Waals surface area contributed by atoms with Crippen molar-refractivity contribution in [1.82, 2.24) is 9.80 Å². The fourth-order valence-electron chi connectivity index (χ4n) is 2.97. The quantitative estimate of drug-likeness (QED) is 0.919. The molecule has 2 amide bonds. The van der Waals surface area contributed by atoms with Crippen LogP contribution in [0.5, 0.6) is 0 Å². The number of likely N-dealkylation sites (tertiary alicyclic amines) is 1. The molecule has 0 spiro atoms. The fourth-order valence-corrected chi connectivity index (χ4v) is 2.97. The number of rotatable bonds is 3. The van der Waals surface area contributed by atoms with Gasteiger partial charge in [-0.1, -0.05) is 18.2 Å². The third kappa shape index (κ3) is 3.12. The van der Waals surface area contributed by atoms with Gasteiger partial charge in [0.15, 0.2) is 0 Å². The van der Waals surface area contributed by atoms with Gasteiger partial charge in [-0.2, -0.15) is 0 Å². The molecule has 4 heteroatoms. The standard InChI is InChI=1S/C16H23N3O/c1-18-11-9-15(10-12-18)19(14-7-8-14)16(20)17-13-5-3-2-4-6-13/h2-6,14-15H,7-12H2,1H3,(H,17,20). The Kier molecular flexibility index (Phi) is 3.92. The van der Waals surface area contributed by atoms with Crippen LogP contribution in [0.3, 0.4) is 0 Å². The van der Waals surface area contributed by atoms with Gasteiger partial charge < -0.3 is 15.1 Å². The summed E-state index contributed by atoms with van der Waals surface area (Å²) in [5.74, 6) is 0. The highest BCUT2D eigenvalue weighted by molar-refractivity contribution is 5.90. The van der Waals surface area contributed by atoms with Crippen LogP contribution in [0.2, 0.25) is 0 Å². The largest absolute Gasteiger partial charge is 0.322 e. The molecule has 1 saturated carbocycles. The molecule has 4 nitrogen and oxygen atoms in total. The van der Waals surface area contributed by atoms with Gasteiger partial charge in [-0.15, -0.1) is 0 Å². The first-order valence-electron chi connectivity index (χ1n) is 7.57. The van der Waals surface area contributed by atoms with Crippen molar-refractivity contribution in [1.29, 1.82) is 0 Å². The number of para-hydroxylation sites is 1. The van der Waals surface area contributed by atoms with E-state index in [0.717, 1.165) is 44.5 Å². The van der Waals surface area contributed by atoms with Crippen LogP contribution in [0.1, 0.15) is 25.7 Å². The van der Waals surface area contributed by atoms with Crippen molar-refractivity contribution >= 4 is 11.7 Å². The Bertz CT molecular complexity index is 450. The van der Waals surface area contributed by atoms with Crippen LogP contribution in [0.4, 0.5) is 10.5 Å². The van der Waals surface area contributed by atoms with Crippen LogP contribution < -0.4 is 5.32 Å². The molecular weight excluding hydrogens is 250 g/mol. The van der Waals surface area contributed by atoms with Gasteiger partial charge in [0.1, 0.15) is 0 Å². The predicted molar refractivity (Wildman–Crippen MR) is 80.8 cm³/mol. The number of carbonyl (C=O) groups excluding carboxylic acids is 1. The van der Waals surface area contributed by atoms with Crippen molar-refractivity contribution in [2.45, 2.75) is 37.8 Å². The van der Waals surface area contributed by atoms with Gasteiger partial charge in [-0.25, -0.2) is 4.79 Å². The van der Waals surface area contributed by atoms with Crippen LogP contribution in [0, 0.1) is 0 Å². The molecule has 1 aromatic rings. The summed E-state index contributed by atoms with van der Waals surface area (Å²) in [7, 11) is 2.15. The van der Waals surface area contributed by atoms with Crippen molar-refractivity contribution in [3.05, 3.63) is 30.3 Å². The number of carbonyl (C=O) groups is 1. The smallest absolute Gasteiger partial charge is 0.318 e. The van der Waals surface area contributed by atoms with Gasteiger partial charge in [0.05, 0.1) is 0 Å². The molecule has 1 aromatic carbocycles. The molecule has 20 heavy (non-hydrogen) atoms. The number of hydrogen-bond acceptors (Lipinski definition) is 2. The van der Waals surface area contributed by atoms with Crippen molar-refractivity contribution in [2.24, 2.45) is 0 Å². The first kappa shape index (κ1) is 13.4. The average Bonchev–Trinajstić information content (AvgIpc) is 3.27. The monoisotopic (exact) mass is 273 g/mol. The minimum absolute atomic E-state index is 0.0771. The second-order valence-corrected chi connectivity index (χ2v) is 5.97. The van der Waals surface area contributed by atoms with E-state index in [-0.39, 0.29) is 6.03 Å². The molecule has 0 aromatic heterocycles. The Morgan fingerprint density at radius 2 is 1.70 bits per heavy atom. The van der Waals surface area contributed by atoms with Gasteiger partial charge in [-0.05, 0) is 58.0 Å². The zero-order chi connectivity index (χ0) is 13.9. The Balaban J connectivity index is 1.66. The summed E-state index contributed by atoms with van der Waals surface area (Å²) in [5, 5.41) is 3.05. The van der Waals surface area contributed by atoms with E-state index < -0.39 is 0 Å². The molecule has 1 aliphatic heterocycles. The topological polar surface area (TPSA) is 35.6 Å². The first-order chi connectivity index (χ1) is 9.74. The highest BCUT2D eigenvalue weighted by atomic mass is 16.2. The molecule has 0 radical (unpaired) electrons. The maximum atomic E-state index is 12.6. The summed E-state index contributed by atoms with van der Waals surface area (Å²) in [5.41, 5.74) is 0.885. The molecule has 0 unspecified atom stereocenters. The Morgan fingerprint density at radius 1 is 1.10 bits per heavy atom. The molecular formula is C16H23N3O. The SMILES string of the molecule is CN1CCC(N(C(=O)Nc2ccccc2)C2CC2)CC1. The highest BCUT2D eigenvalue weighted by Gasteiger charge is 2.38. The number of nitrogens with zero attached hydrogens (tertiary/aromatic N) is 2. The average molecular weight is 273 g/mol. The second-order valence-electron chi connectivity index (χ2n) is 5.97. The van der Waals surface area contributed by atoms with Crippen molar-refractivity contribution in [3.63, 3.8) is 0 Å². The molecule has 3 rings (SSSR count). The van der Waals surface area contributed by atoms with Crippen LogP contribution in [-0.4, -0.2) is 48.1 Å². The number of amides is 2. The molecule has 2 aliphatic rings. The third-order valence-electron chi connectivity index (χ3n) is 4.28. The van der Waals surface area contributed by atoms with E-state index in [0.29, 0.717) is 12.1 Å². The highest BCUT2D eigenvalue weighted by Crippen LogP contribution is 2.32. The molecule has 0 atom stereocenters. The fraction of sp³-hybridized carbons (Fsp3) is 0.562. The molecule has 0 bridgehead atoms. The van der Waals surface area contributed by atoms with Crippen molar-refractivity contribution in [3.8, 4) is 0 Å². The van der Waals surface area contributed by atoms with Crippen molar-refractivity contribution < 1.29 is 4.79 Å². The summed E-state index contributed by atoms with van der Waals surface area (Å²) in [6.07, 6.45) is 4.51. The Morgan fingerprint density at radius 3 is 2.30 bits per heavy atom. The third-order valence-corrected chi connectivity index (χ3v) is 4.28. The minimum atomic E-state index is 0.0771. The number of benzene rings is 1. The number of piperidine rings is 1. The lowest BCUT2D eigenvalue weighted by Gasteiger charge is -2.37. The summed E-state index contributed by atoms with van der Waals surface area (Å²) in [6.45, 7) is 2.18. The van der Waals surface area contributed by atoms with Crippen LogP contribution in [0.25, 0.3) is 0 Å². The summed E-state index contributed by atoms with van der Waals surface area (Å²) in [4.78, 5) is 17.0. The molecule has 1 saturated heterocycles. The lowest BCUT2D eigenvalue weighted by Crippen LogP contribution is -2.49. The Labute approximate surface area is 120 Å². The van der Waals surface area contributed by atoms with Crippen LogP contribution in [0.15, 0.2) is 30.3 Å². The number of anilines is 1. The number of urea groups is 1. The van der Waals surface area contributed by atoms with Gasteiger partial charge in [0.2, 0.25) is 0 Å². The van der Waals surface area contributed by atoms with E-state index in [1.807, 2.05) is 30.3 Å². The number of hydrogen-bond donors (Lipinski definition) is 1. The van der Waals surface area contributed by atoms with E-state index >= 15 is 0 Å². The van der Waals surface area contributed by atoms with E-state index in [1.54, 1.807) is 0 Å². The molecule has 1 aliphatic carbocycles. The van der Waals surface area contributed by atoms with E-state index in [1.165, 1.54) is 0 Å². The Hall–Kier alpha value is -1.55. The summed E-state index contributed by atoms with van der Waals surface area (Å²) < 4.78 is 0. The predicted octanol–water partition coefficient (Wildman–Crippen LogP) is 2.78. The van der Waals surface area contributed by atoms with E-state index in [9.17, 15) is 4.79 Å². The van der Waals surface area contributed by atoms with Crippen LogP contribution >= 0.6 is 0 Å². The normalized spacial score (nSPS) is 20.6. The van der Waals surface area contributed by atoms with Crippen molar-refractivity contribution in [2.75, 3.05) is 25.5 Å². The maximum absolute atomic E-state index is 12.6. The van der Waals surface area contributed by atoms with Gasteiger partial charge >= 0.3 is 6.03 Å². The molecule has 1 heterocycles. The van der Waals surface area contributed by atoms with E-state index in [4.69, 9.17) is 0 Å². The zero-order valence-electron chi connectivity index (χ0n) is 12.1. The van der Waals surface area contributed by atoms with E-state index in [2.05, 4.69) is 22.2 Å². The molecule has 2 fully saturated rings. The van der Waals surface area contributed by atoms with Crippen LogP contribution in [-0.2, 0) is 0 Å². The van der Waals surface area contributed by atoms with Gasteiger partial charge in [-0.3, -0.25) is 0 Å². The maximum Gasteiger partial charge on any atom is 0.322 e. The van der Waals surface area contributed by atoms with Gasteiger partial charge in [0.25, 0.3) is 0 Å². The zero-order valence-corrected chi connectivity index (χ0v) is 12.1. The van der Waals surface area contributed by atoms with Gasteiger partial charge in [0, 0.05) is 17.8 Å². The lowest BCUT2D eigenvalue weighted by molar-refractivity contribution is 0.135. The summed E-state index contributed by atoms with van der Waals surface area (Å²) >= 11 is 0. The first-order valence-corrected chi connectivity index (χ1v) is 7.57. The molecule has 108 valence electrons. The second kappa shape index (κ2) is 5.83. The minimum Gasteiger partial charge on any atom is -0.318 e.